The Kier molecular flexibility index (Phi) is 4.86. The van der Waals surface area contributed by atoms with E-state index in [2.05, 4.69) is 10.6 Å². The molecule has 0 unspecified atom stereocenters. The van der Waals surface area contributed by atoms with Crippen molar-refractivity contribution in [2.24, 2.45) is 0 Å². The highest BCUT2D eigenvalue weighted by molar-refractivity contribution is 5.75. The number of nitrogens with one attached hydrogen (secondary N) is 2. The van der Waals surface area contributed by atoms with Gasteiger partial charge in [-0.3, -0.25) is 0 Å². The second-order valence-electron chi connectivity index (χ2n) is 5.12. The minimum Gasteiger partial charge on any atom is -0.497 e. The minimum absolute atomic E-state index is 0.239. The highest BCUT2D eigenvalue weighted by Crippen LogP contribution is 2.32. The molecule has 0 aromatic heterocycles. The number of hydrogen-bond acceptors (Lipinski definition) is 4. The lowest BCUT2D eigenvalue weighted by molar-refractivity contribution is 0.174. The normalized spacial score (nSPS) is 12.2. The van der Waals surface area contributed by atoms with Gasteiger partial charge in [0.25, 0.3) is 0 Å². The molecular formula is C18H18N2O4. The smallest absolute Gasteiger partial charge is 0.319 e. The number of urea groups is 1. The van der Waals surface area contributed by atoms with E-state index in [1.165, 1.54) is 0 Å². The summed E-state index contributed by atoms with van der Waals surface area (Å²) in [5.74, 6) is 2.22. The molecule has 0 bridgehead atoms. The largest absolute Gasteiger partial charge is 0.497 e. The number of hydrogen-bond donors (Lipinski definition) is 2. The van der Waals surface area contributed by atoms with Crippen molar-refractivity contribution in [2.45, 2.75) is 6.54 Å². The fourth-order valence-electron chi connectivity index (χ4n) is 2.21. The summed E-state index contributed by atoms with van der Waals surface area (Å²) in [6, 6.07) is 12.8. The number of carbonyl (C=O) groups is 1. The molecule has 24 heavy (non-hydrogen) atoms. The third-order valence-electron chi connectivity index (χ3n) is 3.50. The van der Waals surface area contributed by atoms with E-state index < -0.39 is 0 Å². The molecule has 0 radical (unpaired) electrons. The molecule has 3 rings (SSSR count). The first kappa shape index (κ1) is 15.7. The highest BCUT2D eigenvalue weighted by Gasteiger charge is 2.13. The van der Waals surface area contributed by atoms with Crippen LogP contribution >= 0.6 is 0 Å². The van der Waals surface area contributed by atoms with Gasteiger partial charge in [-0.15, -0.1) is 0 Å². The molecule has 1 aliphatic heterocycles. The lowest BCUT2D eigenvalue weighted by Crippen LogP contribution is -2.31. The Morgan fingerprint density at radius 2 is 1.96 bits per heavy atom. The van der Waals surface area contributed by atoms with E-state index in [-0.39, 0.29) is 12.8 Å². The van der Waals surface area contributed by atoms with Gasteiger partial charge in [-0.2, -0.15) is 0 Å². The van der Waals surface area contributed by atoms with E-state index in [1.807, 2.05) is 42.5 Å². The van der Waals surface area contributed by atoms with Crippen molar-refractivity contribution in [3.05, 3.63) is 59.8 Å². The molecule has 6 nitrogen and oxygen atoms in total. The molecule has 6 heteroatoms. The molecule has 2 amide bonds. The Hall–Kier alpha value is -3.15. The van der Waals surface area contributed by atoms with Crippen molar-refractivity contribution in [3.63, 3.8) is 0 Å². The molecule has 0 aliphatic carbocycles. The predicted octanol–water partition coefficient (Wildman–Crippen LogP) is 2.89. The number of methoxy groups -OCH3 is 1. The first-order chi connectivity index (χ1) is 11.7. The van der Waals surface area contributed by atoms with Crippen LogP contribution in [0.4, 0.5) is 4.79 Å². The van der Waals surface area contributed by atoms with Gasteiger partial charge in [0.2, 0.25) is 6.79 Å². The summed E-state index contributed by atoms with van der Waals surface area (Å²) >= 11 is 0. The number of amides is 2. The molecule has 1 aliphatic rings. The lowest BCUT2D eigenvalue weighted by Gasteiger charge is -2.06. The summed E-state index contributed by atoms with van der Waals surface area (Å²) in [7, 11) is 1.62. The number of benzene rings is 2. The third-order valence-corrected chi connectivity index (χ3v) is 3.50. The topological polar surface area (TPSA) is 68.8 Å². The number of rotatable bonds is 5. The summed E-state index contributed by atoms with van der Waals surface area (Å²) in [5.41, 5.74) is 1.90. The van der Waals surface area contributed by atoms with Crippen LogP contribution in [0.3, 0.4) is 0 Å². The zero-order chi connectivity index (χ0) is 16.8. The number of carbonyl (C=O) groups excluding carboxylic acids is 1. The van der Waals surface area contributed by atoms with Crippen LogP contribution in [0.15, 0.2) is 48.7 Å². The molecule has 2 N–H and O–H groups in total. The van der Waals surface area contributed by atoms with E-state index in [4.69, 9.17) is 14.2 Å². The average Bonchev–Trinajstić information content (AvgIpc) is 3.08. The maximum atomic E-state index is 11.8. The molecule has 0 fully saturated rings. The van der Waals surface area contributed by atoms with Crippen LogP contribution in [0.2, 0.25) is 0 Å². The van der Waals surface area contributed by atoms with Gasteiger partial charge < -0.3 is 24.8 Å². The van der Waals surface area contributed by atoms with Crippen LogP contribution in [0, 0.1) is 0 Å². The first-order valence-corrected chi connectivity index (χ1v) is 7.48. The van der Waals surface area contributed by atoms with E-state index in [1.54, 1.807) is 19.4 Å². The van der Waals surface area contributed by atoms with Crippen molar-refractivity contribution in [1.82, 2.24) is 10.6 Å². The summed E-state index contributed by atoms with van der Waals surface area (Å²) in [4.78, 5) is 11.8. The molecule has 2 aromatic carbocycles. The van der Waals surface area contributed by atoms with Gasteiger partial charge >= 0.3 is 6.03 Å². The zero-order valence-corrected chi connectivity index (χ0v) is 13.2. The molecule has 0 spiro atoms. The van der Waals surface area contributed by atoms with E-state index in [9.17, 15) is 4.79 Å². The zero-order valence-electron chi connectivity index (χ0n) is 13.2. The summed E-state index contributed by atoms with van der Waals surface area (Å²) < 4.78 is 15.6. The molecule has 0 saturated heterocycles. The molecule has 0 saturated carbocycles. The van der Waals surface area contributed by atoms with Crippen LogP contribution < -0.4 is 24.8 Å². The van der Waals surface area contributed by atoms with Crippen LogP contribution in [-0.4, -0.2) is 19.9 Å². The molecular weight excluding hydrogens is 308 g/mol. The van der Waals surface area contributed by atoms with Gasteiger partial charge in [-0.25, -0.2) is 4.79 Å². The maximum Gasteiger partial charge on any atom is 0.319 e. The second kappa shape index (κ2) is 7.41. The predicted molar refractivity (Wildman–Crippen MR) is 90.0 cm³/mol. The number of ether oxygens (including phenoxy) is 3. The monoisotopic (exact) mass is 326 g/mol. The Balaban J connectivity index is 1.46. The van der Waals surface area contributed by atoms with E-state index >= 15 is 0 Å². The van der Waals surface area contributed by atoms with Gasteiger partial charge in [-0.1, -0.05) is 18.2 Å². The van der Waals surface area contributed by atoms with Crippen molar-refractivity contribution < 1.29 is 19.0 Å². The first-order valence-electron chi connectivity index (χ1n) is 7.48. The van der Waals surface area contributed by atoms with Gasteiger partial charge in [0.1, 0.15) is 5.75 Å². The molecule has 124 valence electrons. The summed E-state index contributed by atoms with van der Waals surface area (Å²) in [6.07, 6.45) is 3.40. The van der Waals surface area contributed by atoms with Gasteiger partial charge in [0, 0.05) is 12.7 Å². The number of fused-ring (bicyclic) bond motifs is 1. The highest BCUT2D eigenvalue weighted by atomic mass is 16.7. The van der Waals surface area contributed by atoms with Crippen molar-refractivity contribution in [2.75, 3.05) is 13.9 Å². The third kappa shape index (κ3) is 3.98. The molecule has 1 heterocycles. The van der Waals surface area contributed by atoms with Gasteiger partial charge in [0.05, 0.1) is 7.11 Å². The average molecular weight is 326 g/mol. The van der Waals surface area contributed by atoms with Crippen LogP contribution in [0.25, 0.3) is 6.08 Å². The van der Waals surface area contributed by atoms with Crippen LogP contribution in [-0.2, 0) is 6.54 Å². The Bertz CT molecular complexity index is 741. The lowest BCUT2D eigenvalue weighted by atomic mass is 10.2. The quantitative estimate of drug-likeness (QED) is 0.886. The van der Waals surface area contributed by atoms with Crippen molar-refractivity contribution in [1.29, 1.82) is 0 Å². The summed E-state index contributed by atoms with van der Waals surface area (Å²) in [6.45, 7) is 0.641. The molecule has 0 atom stereocenters. The maximum absolute atomic E-state index is 11.8. The van der Waals surface area contributed by atoms with Gasteiger partial charge in [-0.05, 0) is 41.5 Å². The van der Waals surface area contributed by atoms with E-state index in [0.29, 0.717) is 12.3 Å². The van der Waals surface area contributed by atoms with Gasteiger partial charge in [0.15, 0.2) is 11.5 Å². The fraction of sp³-hybridized carbons (Fsp3) is 0.167. The van der Waals surface area contributed by atoms with E-state index in [0.717, 1.165) is 22.6 Å². The van der Waals surface area contributed by atoms with Crippen LogP contribution in [0.1, 0.15) is 11.1 Å². The SMILES string of the molecule is COc1ccc(/C=C/NC(=O)NCc2ccc3c(c2)OCO3)cc1. The Morgan fingerprint density at radius 3 is 2.75 bits per heavy atom. The standard InChI is InChI=1S/C18H18N2O4/c1-22-15-5-2-13(3-6-15)8-9-19-18(21)20-11-14-4-7-16-17(10-14)24-12-23-16/h2-10H,11-12H2,1H3,(H2,19,20,21)/b9-8+. The second-order valence-corrected chi connectivity index (χ2v) is 5.12. The minimum atomic E-state index is -0.280. The van der Waals surface area contributed by atoms with Crippen LogP contribution in [0.5, 0.6) is 17.2 Å². The molecule has 2 aromatic rings. The van der Waals surface area contributed by atoms with Crippen molar-refractivity contribution in [3.8, 4) is 17.2 Å². The summed E-state index contributed by atoms with van der Waals surface area (Å²) in [5, 5.41) is 5.44. The Labute approximate surface area is 140 Å². The fourth-order valence-corrected chi connectivity index (χ4v) is 2.21. The van der Waals surface area contributed by atoms with Crippen molar-refractivity contribution >= 4 is 12.1 Å². The Morgan fingerprint density at radius 1 is 1.17 bits per heavy atom.